The van der Waals surface area contributed by atoms with E-state index in [4.69, 9.17) is 4.42 Å². The first-order valence-electron chi connectivity index (χ1n) is 4.17. The Morgan fingerprint density at radius 2 is 2.50 bits per heavy atom. The highest BCUT2D eigenvalue weighted by Crippen LogP contribution is 2.18. The molecule has 0 saturated carbocycles. The van der Waals surface area contributed by atoms with E-state index in [1.54, 1.807) is 18.4 Å². The molecule has 2 heteroatoms. The number of aliphatic hydroxyl groups is 1. The van der Waals surface area contributed by atoms with Crippen molar-refractivity contribution in [1.82, 2.24) is 0 Å². The predicted molar refractivity (Wildman–Crippen MR) is 47.7 cm³/mol. The van der Waals surface area contributed by atoms with Gasteiger partial charge in [0.1, 0.15) is 11.9 Å². The van der Waals surface area contributed by atoms with Crippen LogP contribution in [0.2, 0.25) is 0 Å². The largest absolute Gasteiger partial charge is 0.467 e. The lowest BCUT2D eigenvalue weighted by Crippen LogP contribution is -1.94. The van der Waals surface area contributed by atoms with E-state index in [1.165, 1.54) is 0 Å². The van der Waals surface area contributed by atoms with Crippen molar-refractivity contribution in [3.63, 3.8) is 0 Å². The summed E-state index contributed by atoms with van der Waals surface area (Å²) < 4.78 is 5.05. The molecule has 1 aromatic rings. The summed E-state index contributed by atoms with van der Waals surface area (Å²) in [5.41, 5.74) is 0. The van der Waals surface area contributed by atoms with E-state index in [1.807, 2.05) is 6.08 Å². The van der Waals surface area contributed by atoms with Crippen molar-refractivity contribution >= 4 is 0 Å². The SMILES string of the molecule is C=CCCCC(O)c1ccco1. The number of allylic oxidation sites excluding steroid dienone is 1. The molecule has 1 N–H and O–H groups in total. The van der Waals surface area contributed by atoms with Crippen LogP contribution >= 0.6 is 0 Å². The molecule has 0 radical (unpaired) electrons. The van der Waals surface area contributed by atoms with Gasteiger partial charge in [-0.25, -0.2) is 0 Å². The molecule has 1 unspecified atom stereocenters. The van der Waals surface area contributed by atoms with Gasteiger partial charge in [0.2, 0.25) is 0 Å². The van der Waals surface area contributed by atoms with Crippen LogP contribution in [0.15, 0.2) is 35.5 Å². The molecule has 1 atom stereocenters. The van der Waals surface area contributed by atoms with E-state index in [2.05, 4.69) is 6.58 Å². The highest BCUT2D eigenvalue weighted by Gasteiger charge is 2.08. The standard InChI is InChI=1S/C10H14O2/c1-2-3-4-6-9(11)10-7-5-8-12-10/h2,5,7-9,11H,1,3-4,6H2. The topological polar surface area (TPSA) is 33.4 Å². The van der Waals surface area contributed by atoms with Crippen molar-refractivity contribution < 1.29 is 9.52 Å². The molecule has 0 fully saturated rings. The summed E-state index contributed by atoms with van der Waals surface area (Å²) in [6, 6.07) is 3.57. The summed E-state index contributed by atoms with van der Waals surface area (Å²) in [7, 11) is 0. The van der Waals surface area contributed by atoms with Gasteiger partial charge in [-0.15, -0.1) is 6.58 Å². The summed E-state index contributed by atoms with van der Waals surface area (Å²) in [4.78, 5) is 0. The molecular formula is C10H14O2. The molecule has 1 rings (SSSR count). The van der Waals surface area contributed by atoms with Gasteiger partial charge in [0.15, 0.2) is 0 Å². The fourth-order valence-electron chi connectivity index (χ4n) is 1.08. The minimum Gasteiger partial charge on any atom is -0.467 e. The van der Waals surface area contributed by atoms with Crippen molar-refractivity contribution in [2.24, 2.45) is 0 Å². The minimum absolute atomic E-state index is 0.458. The molecule has 0 spiro atoms. The van der Waals surface area contributed by atoms with Crippen LogP contribution in [-0.2, 0) is 0 Å². The minimum atomic E-state index is -0.458. The zero-order valence-corrected chi connectivity index (χ0v) is 7.07. The lowest BCUT2D eigenvalue weighted by Gasteiger charge is -2.05. The Morgan fingerprint density at radius 3 is 3.08 bits per heavy atom. The average molecular weight is 166 g/mol. The maximum Gasteiger partial charge on any atom is 0.132 e. The van der Waals surface area contributed by atoms with E-state index in [0.29, 0.717) is 5.76 Å². The molecule has 2 nitrogen and oxygen atoms in total. The molecule has 0 aromatic carbocycles. The smallest absolute Gasteiger partial charge is 0.132 e. The molecule has 0 aliphatic carbocycles. The van der Waals surface area contributed by atoms with Crippen LogP contribution < -0.4 is 0 Å². The Morgan fingerprint density at radius 1 is 1.67 bits per heavy atom. The normalized spacial score (nSPS) is 12.8. The van der Waals surface area contributed by atoms with Gasteiger partial charge in [-0.1, -0.05) is 6.08 Å². The summed E-state index contributed by atoms with van der Waals surface area (Å²) in [6.45, 7) is 3.62. The fourth-order valence-corrected chi connectivity index (χ4v) is 1.08. The molecule has 0 amide bonds. The zero-order valence-electron chi connectivity index (χ0n) is 7.07. The Labute approximate surface area is 72.5 Å². The molecule has 1 aromatic heterocycles. The van der Waals surface area contributed by atoms with E-state index in [9.17, 15) is 5.11 Å². The number of rotatable bonds is 5. The molecular weight excluding hydrogens is 152 g/mol. The fraction of sp³-hybridized carbons (Fsp3) is 0.400. The lowest BCUT2D eigenvalue weighted by atomic mass is 10.1. The van der Waals surface area contributed by atoms with Gasteiger partial charge >= 0.3 is 0 Å². The van der Waals surface area contributed by atoms with E-state index < -0.39 is 6.10 Å². The van der Waals surface area contributed by atoms with Crippen LogP contribution in [0.25, 0.3) is 0 Å². The van der Waals surface area contributed by atoms with Crippen LogP contribution in [0.4, 0.5) is 0 Å². The van der Waals surface area contributed by atoms with E-state index in [0.717, 1.165) is 19.3 Å². The van der Waals surface area contributed by atoms with Crippen LogP contribution in [0, 0.1) is 0 Å². The monoisotopic (exact) mass is 166 g/mol. The van der Waals surface area contributed by atoms with Gasteiger partial charge in [0.25, 0.3) is 0 Å². The highest BCUT2D eigenvalue weighted by molar-refractivity contribution is 5.01. The molecule has 0 aliphatic heterocycles. The summed E-state index contributed by atoms with van der Waals surface area (Å²) in [5, 5.41) is 9.51. The van der Waals surface area contributed by atoms with Crippen molar-refractivity contribution in [2.45, 2.75) is 25.4 Å². The second-order valence-electron chi connectivity index (χ2n) is 2.75. The lowest BCUT2D eigenvalue weighted by molar-refractivity contribution is 0.138. The Bertz CT molecular complexity index is 214. The van der Waals surface area contributed by atoms with Crippen molar-refractivity contribution in [2.75, 3.05) is 0 Å². The van der Waals surface area contributed by atoms with Gasteiger partial charge in [-0.05, 0) is 31.4 Å². The number of aliphatic hydroxyl groups excluding tert-OH is 1. The quantitative estimate of drug-likeness (QED) is 0.539. The van der Waals surface area contributed by atoms with Gasteiger partial charge < -0.3 is 9.52 Å². The van der Waals surface area contributed by atoms with Crippen LogP contribution in [-0.4, -0.2) is 5.11 Å². The third-order valence-corrected chi connectivity index (χ3v) is 1.76. The number of hydrogen-bond donors (Lipinski definition) is 1. The molecule has 0 bridgehead atoms. The second kappa shape index (κ2) is 4.78. The van der Waals surface area contributed by atoms with Crippen LogP contribution in [0.3, 0.4) is 0 Å². The van der Waals surface area contributed by atoms with Crippen LogP contribution in [0.1, 0.15) is 31.1 Å². The zero-order chi connectivity index (χ0) is 8.81. The predicted octanol–water partition coefficient (Wildman–Crippen LogP) is 2.67. The molecule has 12 heavy (non-hydrogen) atoms. The molecule has 0 saturated heterocycles. The van der Waals surface area contributed by atoms with Gasteiger partial charge in [0.05, 0.1) is 6.26 Å². The Hall–Kier alpha value is -1.02. The van der Waals surface area contributed by atoms with Gasteiger partial charge in [0, 0.05) is 0 Å². The maximum absolute atomic E-state index is 9.51. The molecule has 0 aliphatic rings. The Kier molecular flexibility index (Phi) is 3.61. The molecule has 66 valence electrons. The number of furan rings is 1. The second-order valence-corrected chi connectivity index (χ2v) is 2.75. The van der Waals surface area contributed by atoms with Crippen LogP contribution in [0.5, 0.6) is 0 Å². The molecule has 1 heterocycles. The first-order chi connectivity index (χ1) is 5.84. The Balaban J connectivity index is 2.29. The summed E-state index contributed by atoms with van der Waals surface area (Å²) in [5.74, 6) is 0.652. The number of hydrogen-bond acceptors (Lipinski definition) is 2. The maximum atomic E-state index is 9.51. The van der Waals surface area contributed by atoms with Gasteiger partial charge in [-0.2, -0.15) is 0 Å². The van der Waals surface area contributed by atoms with E-state index in [-0.39, 0.29) is 0 Å². The van der Waals surface area contributed by atoms with Gasteiger partial charge in [-0.3, -0.25) is 0 Å². The first kappa shape index (κ1) is 9.07. The van der Waals surface area contributed by atoms with E-state index >= 15 is 0 Å². The summed E-state index contributed by atoms with van der Waals surface area (Å²) in [6.07, 6.45) is 5.60. The third-order valence-electron chi connectivity index (χ3n) is 1.76. The highest BCUT2D eigenvalue weighted by atomic mass is 16.4. The van der Waals surface area contributed by atoms with Crippen molar-refractivity contribution in [1.29, 1.82) is 0 Å². The third kappa shape index (κ3) is 2.55. The average Bonchev–Trinajstić information content (AvgIpc) is 2.56. The first-order valence-corrected chi connectivity index (χ1v) is 4.17. The number of unbranched alkanes of at least 4 members (excludes halogenated alkanes) is 1. The summed E-state index contributed by atoms with van der Waals surface area (Å²) >= 11 is 0. The van der Waals surface area contributed by atoms with Crippen molar-refractivity contribution in [3.05, 3.63) is 36.8 Å². The van der Waals surface area contributed by atoms with Crippen molar-refractivity contribution in [3.8, 4) is 0 Å².